The third kappa shape index (κ3) is 5.30. The summed E-state index contributed by atoms with van der Waals surface area (Å²) in [7, 11) is 0. The molecule has 110 valence electrons. The van der Waals surface area contributed by atoms with Crippen LogP contribution in [-0.2, 0) is 6.42 Å². The highest BCUT2D eigenvalue weighted by atomic mass is 16.2. The van der Waals surface area contributed by atoms with E-state index in [1.807, 2.05) is 45.0 Å². The highest BCUT2D eigenvalue weighted by molar-refractivity contribution is 5.89. The van der Waals surface area contributed by atoms with Gasteiger partial charge in [-0.1, -0.05) is 42.0 Å². The summed E-state index contributed by atoms with van der Waals surface area (Å²) < 4.78 is 0. The number of anilines is 1. The minimum Gasteiger partial charge on any atom is -0.336 e. The first-order valence-electron chi connectivity index (χ1n) is 7.25. The number of hydrogen-bond acceptors (Lipinski definition) is 1. The molecule has 0 bridgehead atoms. The van der Waals surface area contributed by atoms with Crippen molar-refractivity contribution < 1.29 is 4.79 Å². The number of benzene rings is 2. The summed E-state index contributed by atoms with van der Waals surface area (Å²) in [6, 6.07) is 16.2. The predicted octanol–water partition coefficient (Wildman–Crippen LogP) is 4.12. The minimum atomic E-state index is -0.163. The largest absolute Gasteiger partial charge is 0.336 e. The van der Waals surface area contributed by atoms with Crippen LogP contribution in [0.2, 0.25) is 0 Å². The van der Waals surface area contributed by atoms with E-state index in [2.05, 4.69) is 34.9 Å². The normalized spacial score (nSPS) is 11.0. The van der Waals surface area contributed by atoms with Crippen LogP contribution < -0.4 is 10.6 Å². The van der Waals surface area contributed by atoms with E-state index in [1.54, 1.807) is 0 Å². The Morgan fingerprint density at radius 2 is 1.57 bits per heavy atom. The molecule has 0 radical (unpaired) electrons. The standard InChI is InChI=1S/C11H16N2O.C7H6/c1-8(2)12-11(14)13-10-6-4-9(3)5-7-10;1-2-4-7-5-6(7)3-1/h4-8H,1-3H3,(H2,12,13,14);1-4H,5H2. The van der Waals surface area contributed by atoms with Crippen LogP contribution >= 0.6 is 0 Å². The maximum absolute atomic E-state index is 11.3. The Hall–Kier alpha value is -2.29. The molecule has 2 aromatic carbocycles. The lowest BCUT2D eigenvalue weighted by atomic mass is 10.2. The first kappa shape index (κ1) is 15.1. The Labute approximate surface area is 126 Å². The Kier molecular flexibility index (Phi) is 4.99. The third-order valence-corrected chi connectivity index (χ3v) is 3.10. The summed E-state index contributed by atoms with van der Waals surface area (Å²) in [5, 5.41) is 5.51. The Morgan fingerprint density at radius 3 is 2.05 bits per heavy atom. The van der Waals surface area contributed by atoms with Gasteiger partial charge in [-0.2, -0.15) is 0 Å². The van der Waals surface area contributed by atoms with Crippen molar-refractivity contribution in [3.05, 3.63) is 65.2 Å². The average molecular weight is 282 g/mol. The molecule has 1 aliphatic rings. The predicted molar refractivity (Wildman–Crippen MR) is 87.7 cm³/mol. The summed E-state index contributed by atoms with van der Waals surface area (Å²) in [4.78, 5) is 11.3. The zero-order valence-electron chi connectivity index (χ0n) is 12.8. The molecule has 0 fully saturated rings. The summed E-state index contributed by atoms with van der Waals surface area (Å²) in [5.74, 6) is 0. The Morgan fingerprint density at radius 1 is 1.00 bits per heavy atom. The highest BCUT2D eigenvalue weighted by Crippen LogP contribution is 2.25. The monoisotopic (exact) mass is 282 g/mol. The van der Waals surface area contributed by atoms with Crippen molar-refractivity contribution in [3.63, 3.8) is 0 Å². The molecule has 3 heteroatoms. The maximum atomic E-state index is 11.3. The molecule has 0 atom stereocenters. The molecule has 2 amide bonds. The molecule has 2 aromatic rings. The van der Waals surface area contributed by atoms with E-state index in [0.717, 1.165) is 5.69 Å². The molecule has 0 unspecified atom stereocenters. The number of rotatable bonds is 2. The van der Waals surface area contributed by atoms with Gasteiger partial charge < -0.3 is 10.6 Å². The van der Waals surface area contributed by atoms with Gasteiger partial charge in [0.05, 0.1) is 0 Å². The molecule has 0 saturated heterocycles. The molecular formula is C18H22N2O. The van der Waals surface area contributed by atoms with Gasteiger partial charge in [0.25, 0.3) is 0 Å². The van der Waals surface area contributed by atoms with Gasteiger partial charge in [0.2, 0.25) is 0 Å². The van der Waals surface area contributed by atoms with Gasteiger partial charge in [-0.05, 0) is 50.5 Å². The van der Waals surface area contributed by atoms with Gasteiger partial charge in [-0.25, -0.2) is 4.79 Å². The number of urea groups is 1. The fourth-order valence-electron chi connectivity index (χ4n) is 1.90. The van der Waals surface area contributed by atoms with Gasteiger partial charge >= 0.3 is 6.03 Å². The minimum absolute atomic E-state index is 0.153. The van der Waals surface area contributed by atoms with Crippen molar-refractivity contribution in [2.45, 2.75) is 33.2 Å². The molecule has 0 spiro atoms. The van der Waals surface area contributed by atoms with E-state index in [4.69, 9.17) is 0 Å². The van der Waals surface area contributed by atoms with Crippen LogP contribution in [0.5, 0.6) is 0 Å². The number of carbonyl (C=O) groups excluding carboxylic acids is 1. The number of hydrogen-bond donors (Lipinski definition) is 2. The van der Waals surface area contributed by atoms with Crippen molar-refractivity contribution in [1.29, 1.82) is 0 Å². The van der Waals surface area contributed by atoms with Crippen molar-refractivity contribution in [3.8, 4) is 0 Å². The number of aryl methyl sites for hydroxylation is 1. The lowest BCUT2D eigenvalue weighted by molar-refractivity contribution is 0.250. The summed E-state index contributed by atoms with van der Waals surface area (Å²) in [5.41, 5.74) is 5.05. The highest BCUT2D eigenvalue weighted by Gasteiger charge is 2.12. The second-order valence-electron chi connectivity index (χ2n) is 5.56. The Bertz CT molecular complexity index is 582. The molecular weight excluding hydrogens is 260 g/mol. The summed E-state index contributed by atoms with van der Waals surface area (Å²) >= 11 is 0. The summed E-state index contributed by atoms with van der Waals surface area (Å²) in [6.45, 7) is 5.86. The number of amides is 2. The number of carbonyl (C=O) groups is 1. The second-order valence-corrected chi connectivity index (χ2v) is 5.56. The molecule has 0 saturated carbocycles. The second kappa shape index (κ2) is 6.93. The third-order valence-electron chi connectivity index (χ3n) is 3.10. The lowest BCUT2D eigenvalue weighted by Crippen LogP contribution is -2.34. The van der Waals surface area contributed by atoms with E-state index in [1.165, 1.54) is 23.1 Å². The Balaban J connectivity index is 0.000000189. The van der Waals surface area contributed by atoms with E-state index in [-0.39, 0.29) is 12.1 Å². The molecule has 0 aromatic heterocycles. The van der Waals surface area contributed by atoms with E-state index >= 15 is 0 Å². The molecule has 0 heterocycles. The number of nitrogens with one attached hydrogen (secondary N) is 2. The van der Waals surface area contributed by atoms with Gasteiger partial charge in [0.1, 0.15) is 0 Å². The molecule has 3 nitrogen and oxygen atoms in total. The fourth-order valence-corrected chi connectivity index (χ4v) is 1.90. The first-order valence-corrected chi connectivity index (χ1v) is 7.25. The number of fused-ring (bicyclic) bond motifs is 1. The lowest BCUT2D eigenvalue weighted by Gasteiger charge is -2.09. The average Bonchev–Trinajstić information content (AvgIpc) is 3.20. The van der Waals surface area contributed by atoms with E-state index in [9.17, 15) is 4.79 Å². The van der Waals surface area contributed by atoms with Crippen LogP contribution in [0.1, 0.15) is 30.5 Å². The quantitative estimate of drug-likeness (QED) is 0.729. The van der Waals surface area contributed by atoms with Crippen LogP contribution in [0.4, 0.5) is 10.5 Å². The topological polar surface area (TPSA) is 41.1 Å². The zero-order chi connectivity index (χ0) is 15.2. The van der Waals surface area contributed by atoms with Gasteiger partial charge in [0, 0.05) is 11.7 Å². The zero-order valence-corrected chi connectivity index (χ0v) is 12.8. The SMILES string of the molecule is Cc1ccc(NC(=O)NC(C)C)cc1.c1ccc2c(c1)C2. The summed E-state index contributed by atoms with van der Waals surface area (Å²) in [6.07, 6.45) is 1.24. The smallest absolute Gasteiger partial charge is 0.319 e. The fraction of sp³-hybridized carbons (Fsp3) is 0.278. The van der Waals surface area contributed by atoms with Gasteiger partial charge in [-0.3, -0.25) is 0 Å². The molecule has 2 N–H and O–H groups in total. The molecule has 1 aliphatic carbocycles. The van der Waals surface area contributed by atoms with E-state index < -0.39 is 0 Å². The van der Waals surface area contributed by atoms with Crippen molar-refractivity contribution >= 4 is 11.7 Å². The molecule has 0 aliphatic heterocycles. The van der Waals surface area contributed by atoms with Crippen molar-refractivity contribution in [2.24, 2.45) is 0 Å². The van der Waals surface area contributed by atoms with Gasteiger partial charge in [-0.15, -0.1) is 0 Å². The maximum Gasteiger partial charge on any atom is 0.319 e. The first-order chi connectivity index (χ1) is 10.0. The van der Waals surface area contributed by atoms with Crippen molar-refractivity contribution in [2.75, 3.05) is 5.32 Å². The molecule has 21 heavy (non-hydrogen) atoms. The van der Waals surface area contributed by atoms with Crippen LogP contribution in [-0.4, -0.2) is 12.1 Å². The van der Waals surface area contributed by atoms with Crippen molar-refractivity contribution in [1.82, 2.24) is 5.32 Å². The van der Waals surface area contributed by atoms with Gasteiger partial charge in [0.15, 0.2) is 0 Å². The van der Waals surface area contributed by atoms with E-state index in [0.29, 0.717) is 0 Å². The molecule has 3 rings (SSSR count). The van der Waals surface area contributed by atoms with Crippen LogP contribution in [0.25, 0.3) is 0 Å². The van der Waals surface area contributed by atoms with Crippen LogP contribution in [0.3, 0.4) is 0 Å². The van der Waals surface area contributed by atoms with Crippen LogP contribution in [0, 0.1) is 6.92 Å². The van der Waals surface area contributed by atoms with Crippen LogP contribution in [0.15, 0.2) is 48.5 Å².